The Morgan fingerprint density at radius 2 is 1.96 bits per heavy atom. The Bertz CT molecular complexity index is 897. The van der Waals surface area contributed by atoms with Gasteiger partial charge in [-0.05, 0) is 31.2 Å². The molecule has 3 rings (SSSR count). The van der Waals surface area contributed by atoms with E-state index in [0.29, 0.717) is 10.4 Å². The first-order valence-electron chi connectivity index (χ1n) is 7.01. The van der Waals surface area contributed by atoms with Crippen molar-refractivity contribution in [3.05, 3.63) is 76.0 Å². The van der Waals surface area contributed by atoms with Crippen LogP contribution in [0.25, 0.3) is 5.69 Å². The van der Waals surface area contributed by atoms with Gasteiger partial charge in [-0.2, -0.15) is 0 Å². The molecule has 2 aromatic carbocycles. The number of rotatable bonds is 3. The van der Waals surface area contributed by atoms with Crippen LogP contribution in [0, 0.1) is 6.92 Å². The van der Waals surface area contributed by atoms with Crippen molar-refractivity contribution in [1.29, 1.82) is 0 Å². The summed E-state index contributed by atoms with van der Waals surface area (Å²) in [5, 5.41) is 15.8. The van der Waals surface area contributed by atoms with Crippen molar-refractivity contribution in [2.24, 2.45) is 5.10 Å². The number of benzene rings is 2. The van der Waals surface area contributed by atoms with E-state index in [1.165, 1.54) is 11.3 Å². The van der Waals surface area contributed by atoms with E-state index in [4.69, 9.17) is 0 Å². The fourth-order valence-electron chi connectivity index (χ4n) is 2.17. The minimum absolute atomic E-state index is 0.180. The molecule has 0 radical (unpaired) electrons. The molecule has 0 saturated carbocycles. The normalized spacial score (nSPS) is 11.4. The first-order chi connectivity index (χ1) is 11.1. The van der Waals surface area contributed by atoms with Crippen LogP contribution in [0.15, 0.2) is 65.1 Å². The number of carbonyl (C=O) groups is 1. The van der Waals surface area contributed by atoms with Gasteiger partial charge in [-0.15, -0.1) is 16.4 Å². The largest absolute Gasteiger partial charge is 0.508 e. The molecular weight excluding hydrogens is 310 g/mol. The molecule has 0 fully saturated rings. The van der Waals surface area contributed by atoms with Gasteiger partial charge in [0.25, 0.3) is 5.91 Å². The Balaban J connectivity index is 1.94. The molecule has 0 spiro atoms. The van der Waals surface area contributed by atoms with Crippen molar-refractivity contribution < 1.29 is 9.90 Å². The van der Waals surface area contributed by atoms with Crippen LogP contribution in [0.5, 0.6) is 5.75 Å². The number of phenolic OH excluding ortho intramolecular Hbond substituents is 1. The summed E-state index contributed by atoms with van der Waals surface area (Å²) in [5.74, 6) is -0.0843. The van der Waals surface area contributed by atoms with Gasteiger partial charge in [0.1, 0.15) is 5.75 Å². The minimum atomic E-state index is -0.265. The number of aryl methyl sites for hydroxylation is 1. The van der Waals surface area contributed by atoms with Crippen LogP contribution in [0.4, 0.5) is 0 Å². The highest BCUT2D eigenvalue weighted by Crippen LogP contribution is 2.16. The molecule has 0 aliphatic rings. The molecule has 1 amide bonds. The Labute approximate surface area is 137 Å². The molecule has 23 heavy (non-hydrogen) atoms. The fraction of sp³-hybridized carbons (Fsp3) is 0.0588. The highest BCUT2D eigenvalue weighted by molar-refractivity contribution is 7.07. The van der Waals surface area contributed by atoms with Crippen LogP contribution in [-0.4, -0.2) is 15.6 Å². The molecule has 1 aromatic heterocycles. The van der Waals surface area contributed by atoms with Crippen LogP contribution >= 0.6 is 11.3 Å². The van der Waals surface area contributed by atoms with E-state index < -0.39 is 0 Å². The van der Waals surface area contributed by atoms with Gasteiger partial charge in [-0.25, -0.2) is 5.43 Å². The second-order valence-electron chi connectivity index (χ2n) is 4.93. The number of aromatic hydroxyl groups is 1. The minimum Gasteiger partial charge on any atom is -0.508 e. The summed E-state index contributed by atoms with van der Waals surface area (Å²) in [7, 11) is 0. The van der Waals surface area contributed by atoms with Crippen LogP contribution in [-0.2, 0) is 0 Å². The van der Waals surface area contributed by atoms with Crippen molar-refractivity contribution in [3.8, 4) is 11.4 Å². The molecule has 0 saturated heterocycles. The Kier molecular flexibility index (Phi) is 4.25. The lowest BCUT2D eigenvalue weighted by Gasteiger charge is -2.06. The lowest BCUT2D eigenvalue weighted by Crippen LogP contribution is -2.24. The third-order valence-electron chi connectivity index (χ3n) is 3.26. The first-order valence-corrected chi connectivity index (χ1v) is 7.89. The molecule has 5 nitrogen and oxygen atoms in total. The Morgan fingerprint density at radius 1 is 1.17 bits per heavy atom. The number of thiazole rings is 1. The molecule has 116 valence electrons. The molecule has 0 bridgehead atoms. The van der Waals surface area contributed by atoms with Crippen molar-refractivity contribution >= 4 is 17.2 Å². The molecule has 2 N–H and O–H groups in total. The number of hydrogen-bond acceptors (Lipinski definition) is 4. The standard InChI is InChI=1S/C17H15N3O2S/c1-12-11-23-17(20(12)14-8-5-9-15(21)10-14)19-18-16(22)13-6-3-2-4-7-13/h2-11,21H,1H3,(H,18,22). The number of hydrogen-bond donors (Lipinski definition) is 2. The first kappa shape index (κ1) is 15.1. The van der Waals surface area contributed by atoms with Gasteiger partial charge < -0.3 is 5.11 Å². The van der Waals surface area contributed by atoms with Gasteiger partial charge in [0.2, 0.25) is 4.80 Å². The summed E-state index contributed by atoms with van der Waals surface area (Å²) in [6, 6.07) is 15.8. The van der Waals surface area contributed by atoms with Gasteiger partial charge >= 0.3 is 0 Å². The monoisotopic (exact) mass is 325 g/mol. The van der Waals surface area contributed by atoms with Gasteiger partial charge in [-0.3, -0.25) is 9.36 Å². The third-order valence-corrected chi connectivity index (χ3v) is 4.20. The topological polar surface area (TPSA) is 66.6 Å². The lowest BCUT2D eigenvalue weighted by molar-refractivity contribution is 0.0953. The van der Waals surface area contributed by atoms with E-state index in [-0.39, 0.29) is 11.7 Å². The van der Waals surface area contributed by atoms with Crippen LogP contribution < -0.4 is 10.2 Å². The fourth-order valence-corrected chi connectivity index (χ4v) is 3.00. The van der Waals surface area contributed by atoms with Crippen molar-refractivity contribution in [2.45, 2.75) is 6.92 Å². The summed E-state index contributed by atoms with van der Waals surface area (Å²) in [5.41, 5.74) is 4.87. The summed E-state index contributed by atoms with van der Waals surface area (Å²) < 4.78 is 1.87. The zero-order valence-electron chi connectivity index (χ0n) is 12.4. The zero-order chi connectivity index (χ0) is 16.2. The highest BCUT2D eigenvalue weighted by Gasteiger charge is 2.07. The SMILES string of the molecule is Cc1csc(=NNC(=O)c2ccccc2)n1-c1cccc(O)c1. The average Bonchev–Trinajstić information content (AvgIpc) is 2.94. The molecule has 0 aliphatic heterocycles. The maximum atomic E-state index is 12.1. The van der Waals surface area contributed by atoms with E-state index in [1.54, 1.807) is 42.5 Å². The van der Waals surface area contributed by atoms with E-state index >= 15 is 0 Å². The lowest BCUT2D eigenvalue weighted by atomic mass is 10.2. The average molecular weight is 325 g/mol. The maximum Gasteiger partial charge on any atom is 0.271 e. The highest BCUT2D eigenvalue weighted by atomic mass is 32.1. The van der Waals surface area contributed by atoms with Crippen molar-refractivity contribution in [1.82, 2.24) is 9.99 Å². The number of carbonyl (C=O) groups excluding carboxylic acids is 1. The number of amides is 1. The van der Waals surface area contributed by atoms with Gasteiger partial charge in [0, 0.05) is 22.7 Å². The quantitative estimate of drug-likeness (QED) is 0.727. The Hall–Kier alpha value is -2.86. The third kappa shape index (κ3) is 3.32. The van der Waals surface area contributed by atoms with Gasteiger partial charge in [-0.1, -0.05) is 24.3 Å². The number of phenols is 1. The molecule has 0 unspecified atom stereocenters. The maximum absolute atomic E-state index is 12.1. The molecule has 0 atom stereocenters. The van der Waals surface area contributed by atoms with Crippen LogP contribution in [0.2, 0.25) is 0 Å². The van der Waals surface area contributed by atoms with Gasteiger partial charge in [0.15, 0.2) is 0 Å². The van der Waals surface area contributed by atoms with E-state index in [9.17, 15) is 9.90 Å². The summed E-state index contributed by atoms with van der Waals surface area (Å²) in [6.45, 7) is 1.94. The molecule has 1 heterocycles. The Morgan fingerprint density at radius 3 is 2.70 bits per heavy atom. The predicted molar refractivity (Wildman–Crippen MR) is 89.5 cm³/mol. The van der Waals surface area contributed by atoms with E-state index in [1.807, 2.05) is 29.0 Å². The molecular formula is C17H15N3O2S. The van der Waals surface area contributed by atoms with Crippen molar-refractivity contribution in [2.75, 3.05) is 0 Å². The van der Waals surface area contributed by atoms with E-state index in [0.717, 1.165) is 11.4 Å². The zero-order valence-corrected chi connectivity index (χ0v) is 13.2. The predicted octanol–water partition coefficient (Wildman–Crippen LogP) is 2.80. The van der Waals surface area contributed by atoms with E-state index in [2.05, 4.69) is 10.5 Å². The summed E-state index contributed by atoms with van der Waals surface area (Å²) in [4.78, 5) is 12.7. The number of nitrogens with zero attached hydrogens (tertiary/aromatic N) is 2. The molecule has 6 heteroatoms. The smallest absolute Gasteiger partial charge is 0.271 e. The second-order valence-corrected chi connectivity index (χ2v) is 5.77. The van der Waals surface area contributed by atoms with Crippen molar-refractivity contribution in [3.63, 3.8) is 0 Å². The van der Waals surface area contributed by atoms with Crippen LogP contribution in [0.1, 0.15) is 16.1 Å². The molecule has 3 aromatic rings. The molecule has 0 aliphatic carbocycles. The van der Waals surface area contributed by atoms with Gasteiger partial charge in [0.05, 0.1) is 5.69 Å². The second kappa shape index (κ2) is 6.50. The summed E-state index contributed by atoms with van der Waals surface area (Å²) >= 11 is 1.41. The number of nitrogens with one attached hydrogen (secondary N) is 1. The van der Waals surface area contributed by atoms with Crippen LogP contribution in [0.3, 0.4) is 0 Å². The summed E-state index contributed by atoms with van der Waals surface area (Å²) in [6.07, 6.45) is 0. The number of aromatic nitrogens is 1.